The maximum Gasteiger partial charge on any atom is 0.0921 e. The largest absolute Gasteiger partial charge is 0.0921 e. The van der Waals surface area contributed by atoms with E-state index < -0.39 is 9.52 Å². The number of halogens is 2. The van der Waals surface area contributed by atoms with Crippen LogP contribution in [0.2, 0.25) is 10.0 Å². The molecular formula is C34H34Cl2SiZr. The first kappa shape index (κ1) is 28.1. The van der Waals surface area contributed by atoms with Crippen LogP contribution in [0.15, 0.2) is 60.7 Å². The van der Waals surface area contributed by atoms with Crippen LogP contribution < -0.4 is 10.4 Å². The molecule has 38 heavy (non-hydrogen) atoms. The van der Waals surface area contributed by atoms with Gasteiger partial charge in [-0.1, -0.05) is 111 Å². The van der Waals surface area contributed by atoms with Crippen molar-refractivity contribution in [2.45, 2.75) is 65.2 Å². The van der Waals surface area contributed by atoms with Crippen molar-refractivity contribution in [1.82, 2.24) is 0 Å². The summed E-state index contributed by atoms with van der Waals surface area (Å²) in [5, 5.41) is 4.90. The molecule has 0 fully saturated rings. The molecular weight excluding hydrogens is 599 g/mol. The van der Waals surface area contributed by atoms with E-state index in [2.05, 4.69) is 74.5 Å². The predicted octanol–water partition coefficient (Wildman–Crippen LogP) is 7.94. The molecule has 6 rings (SSSR count). The van der Waals surface area contributed by atoms with Crippen LogP contribution in [0.25, 0.3) is 22.3 Å². The summed E-state index contributed by atoms with van der Waals surface area (Å²) in [4.78, 5) is 0. The van der Waals surface area contributed by atoms with Crippen LogP contribution in [0, 0.1) is 0 Å². The Balaban J connectivity index is 0.00000294. The van der Waals surface area contributed by atoms with Crippen molar-refractivity contribution >= 4 is 43.1 Å². The average Bonchev–Trinajstić information content (AvgIpc) is 3.48. The molecule has 0 saturated carbocycles. The van der Waals surface area contributed by atoms with Crippen LogP contribution in [0.3, 0.4) is 0 Å². The summed E-state index contributed by atoms with van der Waals surface area (Å²) in [6, 6.07) is 22.6. The molecule has 0 amide bonds. The van der Waals surface area contributed by atoms with Gasteiger partial charge >= 0.3 is 0 Å². The molecule has 0 radical (unpaired) electrons. The molecule has 4 aromatic carbocycles. The summed E-state index contributed by atoms with van der Waals surface area (Å²) in [7, 11) is -0.878. The Morgan fingerprint density at radius 2 is 1.05 bits per heavy atom. The Kier molecular flexibility index (Phi) is 8.85. The van der Waals surface area contributed by atoms with E-state index in [0.717, 1.165) is 35.7 Å². The Labute approximate surface area is 259 Å². The second-order valence-electron chi connectivity index (χ2n) is 10.8. The van der Waals surface area contributed by atoms with Gasteiger partial charge in [-0.05, 0) is 91.7 Å². The van der Waals surface area contributed by atoms with Gasteiger partial charge in [0.25, 0.3) is 0 Å². The van der Waals surface area contributed by atoms with Crippen molar-refractivity contribution in [2.75, 3.05) is 0 Å². The molecule has 192 valence electrons. The van der Waals surface area contributed by atoms with Gasteiger partial charge in [-0.3, -0.25) is 0 Å². The summed E-state index contributed by atoms with van der Waals surface area (Å²) < 4.78 is 0. The molecule has 0 atom stereocenters. The third-order valence-electron chi connectivity index (χ3n) is 8.42. The SMILES string of the molecule is CCCCc1cc2c(c(Cl)c1[SiH2]c1c(CCCC)cc3c(c1Cl)Cc1ccccc1-3)Cc1ccccc1-2.[Zr]. The van der Waals surface area contributed by atoms with Gasteiger partial charge in [0, 0.05) is 49.1 Å². The third kappa shape index (κ3) is 4.96. The number of benzene rings is 4. The van der Waals surface area contributed by atoms with Gasteiger partial charge in [-0.25, -0.2) is 0 Å². The van der Waals surface area contributed by atoms with Gasteiger partial charge in [0.15, 0.2) is 0 Å². The van der Waals surface area contributed by atoms with Gasteiger partial charge < -0.3 is 0 Å². The maximum absolute atomic E-state index is 7.37. The molecule has 0 N–H and O–H groups in total. The van der Waals surface area contributed by atoms with Crippen LogP contribution in [-0.4, -0.2) is 9.52 Å². The fourth-order valence-corrected chi connectivity index (χ4v) is 9.48. The quantitative estimate of drug-likeness (QED) is 0.150. The Hall–Kier alpha value is -1.44. The number of hydrogen-bond donors (Lipinski definition) is 0. The topological polar surface area (TPSA) is 0 Å². The molecule has 0 saturated heterocycles. The molecule has 2 aliphatic rings. The molecule has 0 nitrogen and oxygen atoms in total. The van der Waals surface area contributed by atoms with E-state index in [9.17, 15) is 0 Å². The van der Waals surface area contributed by atoms with E-state index >= 15 is 0 Å². The van der Waals surface area contributed by atoms with Crippen LogP contribution in [-0.2, 0) is 51.9 Å². The third-order valence-corrected chi connectivity index (χ3v) is 12.1. The molecule has 0 bridgehead atoms. The van der Waals surface area contributed by atoms with E-state index in [4.69, 9.17) is 23.2 Å². The van der Waals surface area contributed by atoms with Crippen molar-refractivity contribution in [3.8, 4) is 22.3 Å². The van der Waals surface area contributed by atoms with E-state index in [1.54, 1.807) is 0 Å². The maximum atomic E-state index is 7.37. The van der Waals surface area contributed by atoms with Gasteiger partial charge in [-0.15, -0.1) is 0 Å². The summed E-state index contributed by atoms with van der Waals surface area (Å²) in [5.41, 5.74) is 13.8. The van der Waals surface area contributed by atoms with Gasteiger partial charge in [0.2, 0.25) is 0 Å². The monoisotopic (exact) mass is 630 g/mol. The standard InChI is InChI=1S/C34H34Cl2Si.Zr/c1-3-5-11-23-19-27-25-15-9-7-13-21(25)17-29(27)31(35)33(23)37-34-24(12-6-4-2)20-28-26-16-10-8-14-22(26)18-30(28)32(34)36;/h7-10,13-16,19-20H,3-6,11-12,17-18,37H2,1-2H3;. The van der Waals surface area contributed by atoms with Crippen LogP contribution in [0.1, 0.15) is 72.9 Å². The smallest absolute Gasteiger partial charge is 0.0841 e. The van der Waals surface area contributed by atoms with Crippen LogP contribution >= 0.6 is 23.2 Å². The second kappa shape index (κ2) is 12.0. The van der Waals surface area contributed by atoms with Gasteiger partial charge in [-0.2, -0.15) is 0 Å². The first-order valence-corrected chi connectivity index (χ1v) is 16.1. The molecule has 4 heteroatoms. The molecule has 4 aromatic rings. The molecule has 0 aliphatic heterocycles. The molecule has 0 heterocycles. The van der Waals surface area contributed by atoms with E-state index in [1.165, 1.54) is 91.7 Å². The second-order valence-corrected chi connectivity index (χ2v) is 13.3. The Bertz CT molecular complexity index is 1390. The van der Waals surface area contributed by atoms with Gasteiger partial charge in [0.05, 0.1) is 9.52 Å². The number of hydrogen-bond acceptors (Lipinski definition) is 0. The first-order valence-electron chi connectivity index (χ1n) is 13.9. The van der Waals surface area contributed by atoms with Crippen molar-refractivity contribution < 1.29 is 26.2 Å². The van der Waals surface area contributed by atoms with Crippen molar-refractivity contribution in [3.63, 3.8) is 0 Å². The molecule has 2 aliphatic carbocycles. The predicted molar refractivity (Wildman–Crippen MR) is 164 cm³/mol. The van der Waals surface area contributed by atoms with Gasteiger partial charge in [0.1, 0.15) is 0 Å². The van der Waals surface area contributed by atoms with Crippen LogP contribution in [0.5, 0.6) is 0 Å². The zero-order chi connectivity index (χ0) is 25.5. The van der Waals surface area contributed by atoms with Crippen molar-refractivity contribution in [3.05, 3.63) is 104 Å². The number of fused-ring (bicyclic) bond motifs is 6. The van der Waals surface area contributed by atoms with E-state index in [0.29, 0.717) is 0 Å². The number of unbranched alkanes of at least 4 members (excludes halogenated alkanes) is 2. The first-order chi connectivity index (χ1) is 18.1. The minimum absolute atomic E-state index is 0. The van der Waals surface area contributed by atoms with E-state index in [1.807, 2.05) is 0 Å². The number of rotatable bonds is 8. The molecule has 0 spiro atoms. The molecule has 0 unspecified atom stereocenters. The fourth-order valence-electron chi connectivity index (χ4n) is 6.40. The zero-order valence-electron chi connectivity index (χ0n) is 22.4. The Morgan fingerprint density at radius 3 is 1.47 bits per heavy atom. The molecule has 0 aromatic heterocycles. The minimum Gasteiger partial charge on any atom is -0.0841 e. The van der Waals surface area contributed by atoms with Crippen molar-refractivity contribution in [2.24, 2.45) is 0 Å². The average molecular weight is 633 g/mol. The Morgan fingerprint density at radius 1 is 0.632 bits per heavy atom. The van der Waals surface area contributed by atoms with E-state index in [-0.39, 0.29) is 26.2 Å². The fraction of sp³-hybridized carbons (Fsp3) is 0.294. The van der Waals surface area contributed by atoms with Crippen LogP contribution in [0.4, 0.5) is 0 Å². The normalized spacial score (nSPS) is 12.5. The summed E-state index contributed by atoms with van der Waals surface area (Å²) in [6.07, 6.45) is 8.81. The summed E-state index contributed by atoms with van der Waals surface area (Å²) >= 11 is 14.7. The summed E-state index contributed by atoms with van der Waals surface area (Å²) in [5.74, 6) is 0. The van der Waals surface area contributed by atoms with Crippen molar-refractivity contribution in [1.29, 1.82) is 0 Å². The minimum atomic E-state index is -0.878. The zero-order valence-corrected chi connectivity index (χ0v) is 27.8. The number of aryl methyl sites for hydroxylation is 2. The summed E-state index contributed by atoms with van der Waals surface area (Å²) in [6.45, 7) is 4.55.